The molecule has 1 aromatic heterocycles. The largest absolute Gasteiger partial charge is 0.456 e. The molecule has 18 rings (SSSR count). The van der Waals surface area contributed by atoms with E-state index < -0.39 is 0 Å². The highest BCUT2D eigenvalue weighted by Crippen LogP contribution is 2.55. The molecule has 2 aliphatic rings. The van der Waals surface area contributed by atoms with Gasteiger partial charge in [0.25, 0.3) is 6.71 Å². The second kappa shape index (κ2) is 22.0. The van der Waals surface area contributed by atoms with Gasteiger partial charge in [0.2, 0.25) is 0 Å². The van der Waals surface area contributed by atoms with Gasteiger partial charge in [-0.05, 0) is 147 Å². The topological polar surface area (TPSA) is 19.6 Å². The summed E-state index contributed by atoms with van der Waals surface area (Å²) in [6.45, 7) is 6.90. The molecule has 0 spiro atoms. The normalized spacial score (nSPS) is 12.6. The van der Waals surface area contributed by atoms with E-state index in [0.717, 1.165) is 117 Å². The minimum atomic E-state index is -0.290. The van der Waals surface area contributed by atoms with E-state index in [-0.39, 0.29) is 12.1 Å². The summed E-state index contributed by atoms with van der Waals surface area (Å²) in [5.41, 5.74) is 29.5. The standard InChI is InChI=1S/C90H63BN2O/c1-90(2,3)66-56-81-87-82(57-66)93(89-69(60-31-13-6-14-32-60)44-26-45-70(89)61-33-15-7-16-34-61)80-55-65(86-74-40-21-19-38-72(74)85(62-35-17-8-18-36-62)73-39-20-22-41-75(73)86)47-50-77(80)91(87)78-54-64(63-49-52-84-76(53-63)71-37-23-24-46-83(71)94-84)48-51-79(78)92(81)88-67(58-27-9-4-10-28-58)42-25-43-68(88)59-29-11-5-12-30-59/h4-57H,1-3H3. The molecule has 15 aromatic carbocycles. The number of rotatable bonds is 9. The van der Waals surface area contributed by atoms with Gasteiger partial charge >= 0.3 is 0 Å². The molecule has 0 fully saturated rings. The number of hydrogen-bond donors (Lipinski definition) is 0. The van der Waals surface area contributed by atoms with Crippen molar-refractivity contribution in [1.82, 2.24) is 0 Å². The Balaban J connectivity index is 1.00. The van der Waals surface area contributed by atoms with Crippen molar-refractivity contribution >= 4 is 101 Å². The van der Waals surface area contributed by atoms with Gasteiger partial charge in [0, 0.05) is 55.8 Å². The molecule has 0 N–H and O–H groups in total. The van der Waals surface area contributed by atoms with Crippen LogP contribution in [-0.2, 0) is 5.41 Å². The van der Waals surface area contributed by atoms with Crippen molar-refractivity contribution in [2.75, 3.05) is 9.80 Å². The Labute approximate surface area is 548 Å². The maximum absolute atomic E-state index is 6.48. The van der Waals surface area contributed by atoms with Crippen LogP contribution in [0.15, 0.2) is 332 Å². The number of anilines is 6. The van der Waals surface area contributed by atoms with Gasteiger partial charge in [-0.2, -0.15) is 0 Å². The van der Waals surface area contributed by atoms with Crippen LogP contribution in [-0.4, -0.2) is 6.71 Å². The van der Waals surface area contributed by atoms with E-state index >= 15 is 0 Å². The van der Waals surface area contributed by atoms with Gasteiger partial charge in [0.05, 0.1) is 11.4 Å². The zero-order chi connectivity index (χ0) is 62.6. The molecule has 0 saturated carbocycles. The smallest absolute Gasteiger partial charge is 0.252 e. The molecule has 2 aliphatic heterocycles. The molecule has 0 radical (unpaired) electrons. The predicted octanol–water partition coefficient (Wildman–Crippen LogP) is 22.9. The second-order valence-electron chi connectivity index (χ2n) is 26.2. The first-order chi connectivity index (χ1) is 46.3. The number of nitrogens with zero attached hydrogens (tertiary/aromatic N) is 2. The number of benzene rings is 15. The molecule has 3 heterocycles. The van der Waals surface area contributed by atoms with Gasteiger partial charge in [0.15, 0.2) is 0 Å². The molecule has 0 amide bonds. The second-order valence-corrected chi connectivity index (χ2v) is 26.2. The summed E-state index contributed by atoms with van der Waals surface area (Å²) in [6, 6.07) is 122. The fraction of sp³-hybridized carbons (Fsp3) is 0.0444. The first-order valence-corrected chi connectivity index (χ1v) is 32.8. The van der Waals surface area contributed by atoms with Crippen LogP contribution in [0.25, 0.3) is 121 Å². The van der Waals surface area contributed by atoms with Crippen molar-refractivity contribution in [1.29, 1.82) is 0 Å². The van der Waals surface area contributed by atoms with Crippen LogP contribution in [0, 0.1) is 0 Å². The molecular formula is C90H63BN2O. The number of para-hydroxylation sites is 3. The van der Waals surface area contributed by atoms with Crippen LogP contribution in [0.5, 0.6) is 0 Å². The minimum absolute atomic E-state index is 0.230. The SMILES string of the molecule is CC(C)(C)c1cc2c3c(c1)N(c1c(-c4ccccc4)cccc1-c1ccccc1)c1cc(-c4c5ccccc5c(-c5ccccc5)c5ccccc45)ccc1B3c1cc(-c3ccc4oc5ccccc5c4c3)ccc1N2c1c(-c2ccccc2)cccc1-c1ccccc1. The molecule has 0 bridgehead atoms. The molecule has 3 nitrogen and oxygen atoms in total. The molecule has 442 valence electrons. The Bertz CT molecular complexity index is 5480. The van der Waals surface area contributed by atoms with E-state index in [1.54, 1.807) is 0 Å². The number of furan rings is 1. The first kappa shape index (κ1) is 55.2. The zero-order valence-electron chi connectivity index (χ0n) is 52.6. The van der Waals surface area contributed by atoms with Crippen molar-refractivity contribution in [3.05, 3.63) is 333 Å². The lowest BCUT2D eigenvalue weighted by Gasteiger charge is -2.46. The van der Waals surface area contributed by atoms with Crippen LogP contribution < -0.4 is 26.2 Å². The highest BCUT2D eigenvalue weighted by molar-refractivity contribution is 7.00. The molecule has 0 atom stereocenters. The third-order valence-electron chi connectivity index (χ3n) is 19.8. The van der Waals surface area contributed by atoms with Crippen LogP contribution in [0.3, 0.4) is 0 Å². The number of fused-ring (bicyclic) bond motifs is 9. The van der Waals surface area contributed by atoms with Gasteiger partial charge in [0.1, 0.15) is 11.2 Å². The average molecular weight is 1200 g/mol. The Morgan fingerprint density at radius 1 is 0.266 bits per heavy atom. The lowest BCUT2D eigenvalue weighted by Crippen LogP contribution is -2.61. The summed E-state index contributed by atoms with van der Waals surface area (Å²) >= 11 is 0. The van der Waals surface area contributed by atoms with Gasteiger partial charge in [-0.25, -0.2) is 0 Å². The first-order valence-electron chi connectivity index (χ1n) is 32.8. The fourth-order valence-electron chi connectivity index (χ4n) is 15.5. The summed E-state index contributed by atoms with van der Waals surface area (Å²) in [6.07, 6.45) is 0. The van der Waals surface area contributed by atoms with Crippen LogP contribution in [0.4, 0.5) is 34.1 Å². The van der Waals surface area contributed by atoms with E-state index in [9.17, 15) is 0 Å². The highest BCUT2D eigenvalue weighted by atomic mass is 16.3. The van der Waals surface area contributed by atoms with Crippen LogP contribution >= 0.6 is 0 Å². The Kier molecular flexibility index (Phi) is 12.9. The maximum Gasteiger partial charge on any atom is 0.252 e. The third-order valence-corrected chi connectivity index (χ3v) is 19.8. The molecule has 0 saturated heterocycles. The van der Waals surface area contributed by atoms with Crippen molar-refractivity contribution in [2.45, 2.75) is 26.2 Å². The summed E-state index contributed by atoms with van der Waals surface area (Å²) < 4.78 is 6.48. The minimum Gasteiger partial charge on any atom is -0.456 e. The van der Waals surface area contributed by atoms with Gasteiger partial charge in [-0.1, -0.05) is 306 Å². The molecule has 94 heavy (non-hydrogen) atoms. The van der Waals surface area contributed by atoms with E-state index in [4.69, 9.17) is 4.42 Å². The van der Waals surface area contributed by atoms with E-state index in [2.05, 4.69) is 358 Å². The number of hydrogen-bond acceptors (Lipinski definition) is 3. The van der Waals surface area contributed by atoms with Crippen molar-refractivity contribution in [3.63, 3.8) is 0 Å². The maximum atomic E-state index is 6.48. The molecule has 0 unspecified atom stereocenters. The summed E-state index contributed by atoms with van der Waals surface area (Å²) in [4.78, 5) is 5.36. The van der Waals surface area contributed by atoms with E-state index in [1.807, 2.05) is 0 Å². The zero-order valence-corrected chi connectivity index (χ0v) is 52.6. The molecular weight excluding hydrogens is 1140 g/mol. The van der Waals surface area contributed by atoms with Crippen molar-refractivity contribution < 1.29 is 4.42 Å². The van der Waals surface area contributed by atoms with Crippen LogP contribution in [0.2, 0.25) is 0 Å². The fourth-order valence-corrected chi connectivity index (χ4v) is 15.5. The lowest BCUT2D eigenvalue weighted by atomic mass is 9.33. The van der Waals surface area contributed by atoms with E-state index in [1.165, 1.54) is 60.2 Å². The predicted molar refractivity (Wildman–Crippen MR) is 400 cm³/mol. The third kappa shape index (κ3) is 8.89. The summed E-state index contributed by atoms with van der Waals surface area (Å²) in [5.74, 6) is 0. The summed E-state index contributed by atoms with van der Waals surface area (Å²) in [7, 11) is 0. The van der Waals surface area contributed by atoms with Gasteiger partial charge < -0.3 is 14.2 Å². The molecule has 16 aromatic rings. The van der Waals surface area contributed by atoms with Crippen LogP contribution in [0.1, 0.15) is 26.3 Å². The Hall–Kier alpha value is -11.7. The van der Waals surface area contributed by atoms with Gasteiger partial charge in [-0.15, -0.1) is 0 Å². The van der Waals surface area contributed by atoms with Crippen molar-refractivity contribution in [3.8, 4) is 77.9 Å². The van der Waals surface area contributed by atoms with Crippen molar-refractivity contribution in [2.24, 2.45) is 0 Å². The molecule has 0 aliphatic carbocycles. The lowest BCUT2D eigenvalue weighted by molar-refractivity contribution is 0.590. The van der Waals surface area contributed by atoms with E-state index in [0.29, 0.717) is 0 Å². The summed E-state index contributed by atoms with van der Waals surface area (Å²) in [5, 5.41) is 7.10. The van der Waals surface area contributed by atoms with Gasteiger partial charge in [-0.3, -0.25) is 0 Å². The average Bonchev–Trinajstić information content (AvgIpc) is 0.710. The quantitative estimate of drug-likeness (QED) is 0.106. The Morgan fingerprint density at radius 2 is 0.660 bits per heavy atom. The monoisotopic (exact) mass is 1200 g/mol. The molecule has 4 heteroatoms. The highest BCUT2D eigenvalue weighted by Gasteiger charge is 2.46. The Morgan fingerprint density at radius 3 is 1.15 bits per heavy atom.